The van der Waals surface area contributed by atoms with Crippen LogP contribution in [0, 0.1) is 11.3 Å². The van der Waals surface area contributed by atoms with Gasteiger partial charge in [0.05, 0.1) is 23.8 Å². The van der Waals surface area contributed by atoms with E-state index in [9.17, 15) is 20.0 Å². The van der Waals surface area contributed by atoms with Crippen molar-refractivity contribution in [2.24, 2.45) is 0 Å². The van der Waals surface area contributed by atoms with Crippen LogP contribution in [-0.2, 0) is 9.59 Å². The first-order valence-electron chi connectivity index (χ1n) is 12.8. The van der Waals surface area contributed by atoms with Gasteiger partial charge in [0.25, 0.3) is 0 Å². The first-order chi connectivity index (χ1) is 18.7. The number of nitrogens with one attached hydrogen (secondary N) is 1. The lowest BCUT2D eigenvalue weighted by Gasteiger charge is -2.30. The molecular weight excluding hydrogens is 535 g/mol. The lowest BCUT2D eigenvalue weighted by atomic mass is 9.99. The molecule has 2 amide bonds. The van der Waals surface area contributed by atoms with Crippen molar-refractivity contribution >= 4 is 40.7 Å². The Morgan fingerprint density at radius 2 is 1.82 bits per heavy atom. The molecule has 1 aliphatic heterocycles. The SMILES string of the molecule is C[C@H](c1ccc(-c2cccc(C#N)c2)cc1)N(CC(=O)Nc1cc(Cl)cc(Cl)c1)C(=O)CCN1CCC(O)C1. The molecule has 1 saturated heterocycles. The van der Waals surface area contributed by atoms with Crippen molar-refractivity contribution in [1.82, 2.24) is 9.80 Å². The van der Waals surface area contributed by atoms with Crippen LogP contribution in [0.25, 0.3) is 11.1 Å². The second-order valence-electron chi connectivity index (χ2n) is 9.71. The smallest absolute Gasteiger partial charge is 0.244 e. The molecule has 1 heterocycles. The number of nitriles is 1. The van der Waals surface area contributed by atoms with Crippen LogP contribution in [0.2, 0.25) is 10.0 Å². The van der Waals surface area contributed by atoms with Crippen LogP contribution in [0.3, 0.4) is 0 Å². The maximum absolute atomic E-state index is 13.4. The van der Waals surface area contributed by atoms with E-state index in [0.29, 0.717) is 40.8 Å². The van der Waals surface area contributed by atoms with Crippen LogP contribution in [-0.4, -0.2) is 59.0 Å². The molecule has 0 spiro atoms. The van der Waals surface area contributed by atoms with Gasteiger partial charge < -0.3 is 20.2 Å². The highest BCUT2D eigenvalue weighted by Gasteiger charge is 2.26. The van der Waals surface area contributed by atoms with E-state index in [1.165, 1.54) is 0 Å². The van der Waals surface area contributed by atoms with E-state index < -0.39 is 0 Å². The van der Waals surface area contributed by atoms with Crippen LogP contribution in [0.5, 0.6) is 0 Å². The molecular formula is C30H30Cl2N4O3. The van der Waals surface area contributed by atoms with Crippen molar-refractivity contribution in [3.63, 3.8) is 0 Å². The molecule has 0 bridgehead atoms. The summed E-state index contributed by atoms with van der Waals surface area (Å²) in [5, 5.41) is 22.6. The number of hydrogen-bond acceptors (Lipinski definition) is 5. The summed E-state index contributed by atoms with van der Waals surface area (Å²) >= 11 is 12.1. The summed E-state index contributed by atoms with van der Waals surface area (Å²) < 4.78 is 0. The average Bonchev–Trinajstić information content (AvgIpc) is 3.34. The van der Waals surface area contributed by atoms with E-state index in [4.69, 9.17) is 23.2 Å². The molecule has 39 heavy (non-hydrogen) atoms. The lowest BCUT2D eigenvalue weighted by Crippen LogP contribution is -2.41. The molecule has 3 aromatic rings. The molecule has 0 saturated carbocycles. The fourth-order valence-electron chi connectivity index (χ4n) is 4.74. The first kappa shape index (κ1) is 28.6. The van der Waals surface area contributed by atoms with E-state index in [0.717, 1.165) is 23.2 Å². The molecule has 0 radical (unpaired) electrons. The molecule has 1 aliphatic rings. The van der Waals surface area contributed by atoms with E-state index in [1.807, 2.05) is 49.4 Å². The summed E-state index contributed by atoms with van der Waals surface area (Å²) in [6, 6.07) is 21.7. The number of carbonyl (C=O) groups is 2. The number of aliphatic hydroxyl groups is 1. The van der Waals surface area contributed by atoms with E-state index >= 15 is 0 Å². The Bertz CT molecular complexity index is 1350. The summed E-state index contributed by atoms with van der Waals surface area (Å²) in [5.41, 5.74) is 3.78. The highest BCUT2D eigenvalue weighted by Crippen LogP contribution is 2.27. The first-order valence-corrected chi connectivity index (χ1v) is 13.5. The van der Waals surface area contributed by atoms with Crippen molar-refractivity contribution in [3.8, 4) is 17.2 Å². The van der Waals surface area contributed by atoms with Crippen molar-refractivity contribution in [2.45, 2.75) is 31.9 Å². The number of anilines is 1. The normalized spacial score (nSPS) is 15.9. The molecule has 202 valence electrons. The van der Waals surface area contributed by atoms with Gasteiger partial charge in [-0.2, -0.15) is 5.26 Å². The maximum Gasteiger partial charge on any atom is 0.244 e. The molecule has 9 heteroatoms. The van der Waals surface area contributed by atoms with Crippen LogP contribution in [0.4, 0.5) is 5.69 Å². The average molecular weight is 566 g/mol. The predicted octanol–water partition coefficient (Wildman–Crippen LogP) is 5.52. The second kappa shape index (κ2) is 13.1. The number of aliphatic hydroxyl groups excluding tert-OH is 1. The molecule has 0 aliphatic carbocycles. The predicted molar refractivity (Wildman–Crippen MR) is 153 cm³/mol. The summed E-state index contributed by atoms with van der Waals surface area (Å²) in [6.07, 6.45) is 0.562. The largest absolute Gasteiger partial charge is 0.392 e. The van der Waals surface area contributed by atoms with Crippen LogP contribution < -0.4 is 5.32 Å². The fraction of sp³-hybridized carbons (Fsp3) is 0.300. The monoisotopic (exact) mass is 564 g/mol. The van der Waals surface area contributed by atoms with Gasteiger partial charge in [-0.3, -0.25) is 9.59 Å². The van der Waals surface area contributed by atoms with Gasteiger partial charge in [-0.1, -0.05) is 59.6 Å². The van der Waals surface area contributed by atoms with E-state index in [-0.39, 0.29) is 36.9 Å². The number of hydrogen-bond donors (Lipinski definition) is 2. The number of β-amino-alcohol motifs (C(OH)–C–C–N with tert-alkyl or cyclic N) is 1. The highest BCUT2D eigenvalue weighted by atomic mass is 35.5. The highest BCUT2D eigenvalue weighted by molar-refractivity contribution is 6.35. The summed E-state index contributed by atoms with van der Waals surface area (Å²) in [5.74, 6) is -0.524. The van der Waals surface area contributed by atoms with Crippen LogP contribution in [0.15, 0.2) is 66.7 Å². The van der Waals surface area contributed by atoms with Crippen molar-refractivity contribution < 1.29 is 14.7 Å². The van der Waals surface area contributed by atoms with Crippen LogP contribution in [0.1, 0.15) is 36.9 Å². The van der Waals surface area contributed by atoms with Gasteiger partial charge in [0.15, 0.2) is 0 Å². The Kier molecular flexibility index (Phi) is 9.60. The van der Waals surface area contributed by atoms with Gasteiger partial charge in [0.2, 0.25) is 11.8 Å². The Morgan fingerprint density at radius 1 is 1.10 bits per heavy atom. The fourth-order valence-corrected chi connectivity index (χ4v) is 5.26. The zero-order valence-corrected chi connectivity index (χ0v) is 23.1. The van der Waals surface area contributed by atoms with E-state index in [2.05, 4.69) is 16.3 Å². The minimum atomic E-state index is -0.380. The zero-order valence-electron chi connectivity index (χ0n) is 21.6. The third-order valence-corrected chi connectivity index (χ3v) is 7.29. The number of rotatable bonds is 9. The Morgan fingerprint density at radius 3 is 2.46 bits per heavy atom. The Balaban J connectivity index is 1.51. The second-order valence-corrected chi connectivity index (χ2v) is 10.6. The Hall–Kier alpha value is -3.41. The standard InChI is InChI=1S/C30H30Cl2N4O3/c1-20(22-5-7-23(8-6-22)24-4-2-3-21(13-24)17-33)36(30(39)10-12-35-11-9-28(37)18-35)19-29(38)34-27-15-25(31)14-26(32)16-27/h2-8,13-16,20,28,37H,9-12,18-19H2,1H3,(H,34,38)/t20-,28?/m1/s1. The summed E-state index contributed by atoms with van der Waals surface area (Å²) in [7, 11) is 0. The number of amides is 2. The quantitative estimate of drug-likeness (QED) is 0.357. The molecule has 4 rings (SSSR count). The number of benzene rings is 3. The minimum Gasteiger partial charge on any atom is -0.392 e. The van der Waals surface area contributed by atoms with Crippen molar-refractivity contribution in [3.05, 3.63) is 87.9 Å². The van der Waals surface area contributed by atoms with Gasteiger partial charge in [-0.15, -0.1) is 0 Å². The van der Waals surface area contributed by atoms with Gasteiger partial charge in [0.1, 0.15) is 6.54 Å². The van der Waals surface area contributed by atoms with Gasteiger partial charge in [0, 0.05) is 41.8 Å². The molecule has 7 nitrogen and oxygen atoms in total. The van der Waals surface area contributed by atoms with E-state index in [1.54, 1.807) is 29.2 Å². The number of halogens is 2. The molecule has 2 N–H and O–H groups in total. The molecule has 3 aromatic carbocycles. The maximum atomic E-state index is 13.4. The number of likely N-dealkylation sites (tertiary alicyclic amines) is 1. The number of nitrogens with zero attached hydrogens (tertiary/aromatic N) is 3. The summed E-state index contributed by atoms with van der Waals surface area (Å²) in [4.78, 5) is 30.1. The Labute approximate surface area is 238 Å². The van der Waals surface area contributed by atoms with Crippen molar-refractivity contribution in [1.29, 1.82) is 5.26 Å². The third-order valence-electron chi connectivity index (χ3n) is 6.86. The third kappa shape index (κ3) is 7.81. The van der Waals surface area contributed by atoms with Gasteiger partial charge >= 0.3 is 0 Å². The number of carbonyl (C=O) groups excluding carboxylic acids is 2. The van der Waals surface area contributed by atoms with Gasteiger partial charge in [-0.25, -0.2) is 0 Å². The lowest BCUT2D eigenvalue weighted by molar-refractivity contribution is -0.137. The minimum absolute atomic E-state index is 0.154. The topological polar surface area (TPSA) is 96.7 Å². The molecule has 2 atom stereocenters. The molecule has 0 aromatic heterocycles. The van der Waals surface area contributed by atoms with Gasteiger partial charge in [-0.05, 0) is 60.4 Å². The molecule has 1 fully saturated rings. The van der Waals surface area contributed by atoms with Crippen molar-refractivity contribution in [2.75, 3.05) is 31.5 Å². The molecule has 1 unspecified atom stereocenters. The zero-order chi connectivity index (χ0) is 27.9. The van der Waals surface area contributed by atoms with Crippen LogP contribution >= 0.6 is 23.2 Å². The summed E-state index contributed by atoms with van der Waals surface area (Å²) in [6.45, 7) is 3.55.